The average Bonchev–Trinajstić information content (AvgIpc) is 2.95. The quantitative estimate of drug-likeness (QED) is 0.202. The number of amides is 1. The number of aliphatic hydroxyl groups is 1. The van der Waals surface area contributed by atoms with Crippen LogP contribution in [0, 0.1) is 6.92 Å². The number of anilines is 3. The molecule has 4 N–H and O–H groups in total. The minimum Gasteiger partial charge on any atom is -0.395 e. The molecule has 0 saturated carbocycles. The van der Waals surface area contributed by atoms with Gasteiger partial charge >= 0.3 is 0 Å². The summed E-state index contributed by atoms with van der Waals surface area (Å²) in [6.07, 6.45) is 2.54. The zero-order valence-corrected chi connectivity index (χ0v) is 24.4. The average molecular weight is 554 g/mol. The lowest BCUT2D eigenvalue weighted by Gasteiger charge is -2.19. The molecule has 0 aliphatic rings. The lowest BCUT2D eigenvalue weighted by atomic mass is 9.86. The van der Waals surface area contributed by atoms with E-state index in [0.717, 1.165) is 35.3 Å². The molecular weight excluding hydrogens is 514 g/mol. The van der Waals surface area contributed by atoms with Crippen molar-refractivity contribution in [3.63, 3.8) is 0 Å². The Morgan fingerprint density at radius 3 is 2.34 bits per heavy atom. The van der Waals surface area contributed by atoms with Crippen LogP contribution in [0.15, 0.2) is 77.7 Å². The summed E-state index contributed by atoms with van der Waals surface area (Å²) in [4.78, 5) is 30.6. The summed E-state index contributed by atoms with van der Waals surface area (Å²) in [5.74, 6) is 0.0317. The van der Waals surface area contributed by atoms with Crippen LogP contribution >= 0.6 is 0 Å². The molecular formula is C33H39N5O3. The van der Waals surface area contributed by atoms with Gasteiger partial charge in [0.1, 0.15) is 0 Å². The van der Waals surface area contributed by atoms with E-state index in [1.54, 1.807) is 13.2 Å². The standard InChI is InChI=1S/C33H39N5O3/c1-22-27(7-6-8-28(22)37-31(40)24-11-13-25(14-12-24)33(2,3)4)29-21-38(5)32(41)30(36-29)35-26-15-9-23(10-16-26)17-18-34-19-20-39/h6-16,21,34,39H,17-20H2,1-5H3,(H,35,36)(H,37,40). The maximum Gasteiger partial charge on any atom is 0.293 e. The zero-order valence-electron chi connectivity index (χ0n) is 24.4. The predicted octanol–water partition coefficient (Wildman–Crippen LogP) is 5.17. The molecule has 1 aromatic heterocycles. The number of carbonyl (C=O) groups is 1. The Morgan fingerprint density at radius 2 is 1.68 bits per heavy atom. The molecule has 0 spiro atoms. The number of nitrogens with zero attached hydrogens (tertiary/aromatic N) is 2. The minimum absolute atomic E-state index is 0.0124. The smallest absolute Gasteiger partial charge is 0.293 e. The number of benzene rings is 3. The van der Waals surface area contributed by atoms with Crippen LogP contribution < -0.4 is 21.5 Å². The number of aliphatic hydroxyl groups excluding tert-OH is 1. The van der Waals surface area contributed by atoms with Crippen LogP contribution in [0.1, 0.15) is 47.8 Å². The molecule has 41 heavy (non-hydrogen) atoms. The third kappa shape index (κ3) is 7.48. The third-order valence-electron chi connectivity index (χ3n) is 7.04. The number of hydrogen-bond donors (Lipinski definition) is 4. The van der Waals surface area contributed by atoms with Gasteiger partial charge in [-0.3, -0.25) is 9.59 Å². The van der Waals surface area contributed by atoms with Crippen molar-refractivity contribution in [3.05, 3.63) is 106 Å². The number of nitrogens with one attached hydrogen (secondary N) is 3. The first-order valence-corrected chi connectivity index (χ1v) is 13.8. The van der Waals surface area contributed by atoms with Crippen molar-refractivity contribution in [2.24, 2.45) is 7.05 Å². The number of hydrogen-bond acceptors (Lipinski definition) is 6. The molecule has 0 unspecified atom stereocenters. The summed E-state index contributed by atoms with van der Waals surface area (Å²) in [7, 11) is 1.70. The minimum atomic E-state index is -0.244. The summed E-state index contributed by atoms with van der Waals surface area (Å²) >= 11 is 0. The van der Waals surface area contributed by atoms with Gasteiger partial charge in [-0.1, -0.05) is 57.2 Å². The number of aryl methyl sites for hydroxylation is 1. The molecule has 1 heterocycles. The van der Waals surface area contributed by atoms with Gasteiger partial charge in [0.15, 0.2) is 5.82 Å². The van der Waals surface area contributed by atoms with Crippen LogP contribution in [0.2, 0.25) is 0 Å². The van der Waals surface area contributed by atoms with E-state index >= 15 is 0 Å². The fourth-order valence-corrected chi connectivity index (χ4v) is 4.51. The molecule has 3 aromatic carbocycles. The Bertz CT molecular complexity index is 1550. The van der Waals surface area contributed by atoms with Crippen molar-refractivity contribution < 1.29 is 9.90 Å². The molecule has 8 heteroatoms. The van der Waals surface area contributed by atoms with Crippen LogP contribution in [-0.4, -0.2) is 40.3 Å². The maximum atomic E-state index is 13.0. The van der Waals surface area contributed by atoms with Gasteiger partial charge < -0.3 is 25.6 Å². The van der Waals surface area contributed by atoms with E-state index < -0.39 is 0 Å². The summed E-state index contributed by atoms with van der Waals surface area (Å²) in [6, 6.07) is 21.2. The van der Waals surface area contributed by atoms with Crippen molar-refractivity contribution in [3.8, 4) is 11.3 Å². The molecule has 0 bridgehead atoms. The first-order valence-electron chi connectivity index (χ1n) is 13.8. The van der Waals surface area contributed by atoms with Crippen LogP contribution in [-0.2, 0) is 18.9 Å². The number of carbonyl (C=O) groups excluding carboxylic acids is 1. The highest BCUT2D eigenvalue weighted by atomic mass is 16.3. The predicted molar refractivity (Wildman–Crippen MR) is 166 cm³/mol. The monoisotopic (exact) mass is 553 g/mol. The second-order valence-electron chi connectivity index (χ2n) is 11.2. The van der Waals surface area contributed by atoms with E-state index in [2.05, 4.69) is 41.7 Å². The molecule has 0 aliphatic carbocycles. The summed E-state index contributed by atoms with van der Waals surface area (Å²) in [5.41, 5.74) is 6.39. The van der Waals surface area contributed by atoms with Gasteiger partial charge in [-0.15, -0.1) is 0 Å². The Hall–Kier alpha value is -4.27. The largest absolute Gasteiger partial charge is 0.395 e. The Labute approximate surface area is 241 Å². The molecule has 0 radical (unpaired) electrons. The van der Waals surface area contributed by atoms with Gasteiger partial charge in [0, 0.05) is 42.3 Å². The van der Waals surface area contributed by atoms with E-state index in [9.17, 15) is 9.59 Å². The number of aromatic nitrogens is 2. The van der Waals surface area contributed by atoms with E-state index in [1.165, 1.54) is 10.1 Å². The molecule has 0 aliphatic heterocycles. The lowest BCUT2D eigenvalue weighted by molar-refractivity contribution is 0.102. The van der Waals surface area contributed by atoms with Crippen LogP contribution in [0.25, 0.3) is 11.3 Å². The normalized spacial score (nSPS) is 11.4. The first-order chi connectivity index (χ1) is 19.6. The highest BCUT2D eigenvalue weighted by Gasteiger charge is 2.16. The van der Waals surface area contributed by atoms with Crippen LogP contribution in [0.4, 0.5) is 17.2 Å². The van der Waals surface area contributed by atoms with Crippen molar-refractivity contribution >= 4 is 23.1 Å². The van der Waals surface area contributed by atoms with Crippen LogP contribution in [0.3, 0.4) is 0 Å². The van der Waals surface area contributed by atoms with Gasteiger partial charge in [-0.2, -0.15) is 0 Å². The maximum absolute atomic E-state index is 13.0. The molecule has 1 amide bonds. The summed E-state index contributed by atoms with van der Waals surface area (Å²) < 4.78 is 1.51. The Morgan fingerprint density at radius 1 is 0.976 bits per heavy atom. The fraction of sp³-hybridized carbons (Fsp3) is 0.303. The Balaban J connectivity index is 1.53. The summed E-state index contributed by atoms with van der Waals surface area (Å²) in [5, 5.41) is 18.3. The zero-order chi connectivity index (χ0) is 29.6. The first kappa shape index (κ1) is 29.7. The molecule has 0 atom stereocenters. The van der Waals surface area contributed by atoms with Gasteiger partial charge in [0.25, 0.3) is 11.5 Å². The third-order valence-corrected chi connectivity index (χ3v) is 7.04. The Kier molecular flexibility index (Phi) is 9.37. The van der Waals surface area contributed by atoms with E-state index in [4.69, 9.17) is 5.11 Å². The molecule has 4 rings (SSSR count). The topological polar surface area (TPSA) is 108 Å². The fourth-order valence-electron chi connectivity index (χ4n) is 4.51. The highest BCUT2D eigenvalue weighted by molar-refractivity contribution is 6.05. The van der Waals surface area contributed by atoms with Gasteiger partial charge in [0.05, 0.1) is 12.3 Å². The number of rotatable bonds is 10. The SMILES string of the molecule is Cc1c(NC(=O)c2ccc(C(C)(C)C)cc2)cccc1-c1cn(C)c(=O)c(Nc2ccc(CCNCCO)cc2)n1. The molecule has 214 valence electrons. The molecule has 0 saturated heterocycles. The second-order valence-corrected chi connectivity index (χ2v) is 11.2. The van der Waals surface area contributed by atoms with E-state index in [-0.39, 0.29) is 29.3 Å². The van der Waals surface area contributed by atoms with Gasteiger partial charge in [0.2, 0.25) is 0 Å². The van der Waals surface area contributed by atoms with Crippen LogP contribution in [0.5, 0.6) is 0 Å². The van der Waals surface area contributed by atoms with Crippen molar-refractivity contribution in [2.45, 2.75) is 39.5 Å². The lowest BCUT2D eigenvalue weighted by Crippen LogP contribution is -2.22. The van der Waals surface area contributed by atoms with Crippen molar-refractivity contribution in [1.82, 2.24) is 14.9 Å². The van der Waals surface area contributed by atoms with Gasteiger partial charge in [-0.25, -0.2) is 4.98 Å². The van der Waals surface area contributed by atoms with E-state index in [1.807, 2.05) is 73.7 Å². The second kappa shape index (κ2) is 12.9. The van der Waals surface area contributed by atoms with E-state index in [0.29, 0.717) is 23.5 Å². The van der Waals surface area contributed by atoms with Gasteiger partial charge in [-0.05, 0) is 72.3 Å². The van der Waals surface area contributed by atoms with Crippen molar-refractivity contribution in [1.29, 1.82) is 0 Å². The molecule has 8 nitrogen and oxygen atoms in total. The highest BCUT2D eigenvalue weighted by Crippen LogP contribution is 2.29. The summed E-state index contributed by atoms with van der Waals surface area (Å²) in [6.45, 7) is 9.83. The molecule has 4 aromatic rings. The van der Waals surface area contributed by atoms with Crippen molar-refractivity contribution in [2.75, 3.05) is 30.3 Å². The molecule has 0 fully saturated rings.